The molecule has 0 spiro atoms. The fraction of sp³-hybridized carbons (Fsp3) is 0.700. The molecule has 1 unspecified atom stereocenters. The van der Waals surface area contributed by atoms with Crippen molar-refractivity contribution in [3.05, 3.63) is 17.5 Å². The van der Waals surface area contributed by atoms with Gasteiger partial charge in [0.15, 0.2) is 0 Å². The monoisotopic (exact) mass is 179 g/mol. The third-order valence-electron chi connectivity index (χ3n) is 2.97. The van der Waals surface area contributed by atoms with Crippen LogP contribution in [0.3, 0.4) is 0 Å². The number of rotatable bonds is 2. The van der Waals surface area contributed by atoms with E-state index in [1.165, 1.54) is 17.7 Å². The van der Waals surface area contributed by atoms with Gasteiger partial charge in [0.2, 0.25) is 0 Å². The smallest absolute Gasteiger partial charge is 0.0524 e. The Labute approximate surface area is 78.9 Å². The average molecular weight is 179 g/mol. The lowest BCUT2D eigenvalue weighted by Crippen LogP contribution is -2.23. The van der Waals surface area contributed by atoms with Gasteiger partial charge in [-0.1, -0.05) is 0 Å². The van der Waals surface area contributed by atoms with Gasteiger partial charge in [0.1, 0.15) is 0 Å². The number of nitrogens with zero attached hydrogens (tertiary/aromatic N) is 2. The van der Waals surface area contributed by atoms with Crippen LogP contribution >= 0.6 is 0 Å². The Morgan fingerprint density at radius 1 is 1.69 bits per heavy atom. The van der Waals surface area contributed by atoms with Crippen LogP contribution in [0.5, 0.6) is 0 Å². The Hall–Kier alpha value is -0.830. The van der Waals surface area contributed by atoms with Crippen molar-refractivity contribution < 1.29 is 0 Å². The number of hydrogen-bond donors (Lipinski definition) is 1. The number of aromatic nitrogens is 2. The second kappa shape index (κ2) is 3.50. The maximum atomic E-state index is 5.69. The molecule has 0 aromatic carbocycles. The topological polar surface area (TPSA) is 43.8 Å². The van der Waals surface area contributed by atoms with E-state index in [-0.39, 0.29) is 0 Å². The highest BCUT2D eigenvalue weighted by molar-refractivity contribution is 5.21. The van der Waals surface area contributed by atoms with Crippen molar-refractivity contribution in [1.82, 2.24) is 9.78 Å². The van der Waals surface area contributed by atoms with Crippen molar-refractivity contribution in [1.29, 1.82) is 0 Å². The number of aryl methyl sites for hydroxylation is 2. The third kappa shape index (κ3) is 1.48. The van der Waals surface area contributed by atoms with E-state index in [1.54, 1.807) is 0 Å². The number of fused-ring (bicyclic) bond motifs is 1. The molecule has 0 bridgehead atoms. The highest BCUT2D eigenvalue weighted by atomic mass is 15.3. The van der Waals surface area contributed by atoms with Crippen LogP contribution in [0.15, 0.2) is 6.20 Å². The first-order valence-corrected chi connectivity index (χ1v) is 5.08. The van der Waals surface area contributed by atoms with Gasteiger partial charge in [0, 0.05) is 12.2 Å². The Bertz CT molecular complexity index is 277. The van der Waals surface area contributed by atoms with Crippen LogP contribution in [0.25, 0.3) is 0 Å². The molecule has 0 fully saturated rings. The molecular weight excluding hydrogens is 162 g/mol. The molecule has 2 rings (SSSR count). The molecule has 2 N–H and O–H groups in total. The van der Waals surface area contributed by atoms with Crippen LogP contribution in [0.2, 0.25) is 0 Å². The van der Waals surface area contributed by atoms with Crippen molar-refractivity contribution in [3.63, 3.8) is 0 Å². The zero-order valence-corrected chi connectivity index (χ0v) is 8.16. The summed E-state index contributed by atoms with van der Waals surface area (Å²) in [4.78, 5) is 0. The second-order valence-corrected chi connectivity index (χ2v) is 3.78. The van der Waals surface area contributed by atoms with Gasteiger partial charge in [-0.2, -0.15) is 5.10 Å². The second-order valence-electron chi connectivity index (χ2n) is 3.78. The summed E-state index contributed by atoms with van der Waals surface area (Å²) in [5.74, 6) is 0.675. The van der Waals surface area contributed by atoms with E-state index < -0.39 is 0 Å². The molecule has 1 heterocycles. The molecule has 1 aliphatic carbocycles. The molecule has 0 aliphatic heterocycles. The van der Waals surface area contributed by atoms with Gasteiger partial charge in [0.25, 0.3) is 0 Å². The van der Waals surface area contributed by atoms with Crippen LogP contribution in [-0.2, 0) is 19.4 Å². The van der Waals surface area contributed by atoms with Gasteiger partial charge in [-0.3, -0.25) is 4.68 Å². The molecule has 3 nitrogen and oxygen atoms in total. The van der Waals surface area contributed by atoms with Crippen molar-refractivity contribution in [2.24, 2.45) is 11.7 Å². The Morgan fingerprint density at radius 3 is 3.23 bits per heavy atom. The van der Waals surface area contributed by atoms with Crippen molar-refractivity contribution in [2.45, 2.75) is 32.7 Å². The minimum Gasteiger partial charge on any atom is -0.330 e. The molecule has 0 radical (unpaired) electrons. The molecule has 3 heteroatoms. The summed E-state index contributed by atoms with van der Waals surface area (Å²) < 4.78 is 2.11. The highest BCUT2D eigenvalue weighted by Crippen LogP contribution is 2.24. The van der Waals surface area contributed by atoms with E-state index in [1.807, 2.05) is 6.20 Å². The van der Waals surface area contributed by atoms with E-state index >= 15 is 0 Å². The lowest BCUT2D eigenvalue weighted by atomic mass is 9.88. The van der Waals surface area contributed by atoms with Gasteiger partial charge in [-0.15, -0.1) is 0 Å². The number of nitrogens with two attached hydrogens (primary N) is 1. The molecule has 1 aliphatic rings. The first kappa shape index (κ1) is 8.75. The summed E-state index contributed by atoms with van der Waals surface area (Å²) in [6, 6.07) is 0. The Kier molecular flexibility index (Phi) is 2.36. The van der Waals surface area contributed by atoms with Crippen molar-refractivity contribution >= 4 is 0 Å². The lowest BCUT2D eigenvalue weighted by Gasteiger charge is -2.21. The molecule has 0 saturated heterocycles. The SMILES string of the molecule is CCn1ncc2c1CC(CN)CC2. The quantitative estimate of drug-likeness (QED) is 0.735. The van der Waals surface area contributed by atoms with Crippen LogP contribution in [0, 0.1) is 5.92 Å². The van der Waals surface area contributed by atoms with E-state index in [0.29, 0.717) is 5.92 Å². The van der Waals surface area contributed by atoms with Crippen LogP contribution in [-0.4, -0.2) is 16.3 Å². The summed E-state index contributed by atoms with van der Waals surface area (Å²) in [5.41, 5.74) is 8.55. The normalized spacial score (nSPS) is 21.5. The molecule has 0 amide bonds. The predicted molar refractivity (Wildman–Crippen MR) is 52.5 cm³/mol. The molecule has 13 heavy (non-hydrogen) atoms. The van der Waals surface area contributed by atoms with E-state index in [4.69, 9.17) is 5.73 Å². The zero-order valence-electron chi connectivity index (χ0n) is 8.16. The standard InChI is InChI=1S/C10H17N3/c1-2-13-10-5-8(6-11)3-4-9(10)7-12-13/h7-8H,2-6,11H2,1H3. The fourth-order valence-corrected chi connectivity index (χ4v) is 2.10. The molecule has 1 atom stereocenters. The first-order chi connectivity index (χ1) is 6.35. The van der Waals surface area contributed by atoms with E-state index in [2.05, 4.69) is 16.7 Å². The Morgan fingerprint density at radius 2 is 2.54 bits per heavy atom. The summed E-state index contributed by atoms with van der Waals surface area (Å²) in [5, 5.41) is 4.36. The van der Waals surface area contributed by atoms with Gasteiger partial charge < -0.3 is 5.73 Å². The largest absolute Gasteiger partial charge is 0.330 e. The third-order valence-corrected chi connectivity index (χ3v) is 2.97. The zero-order chi connectivity index (χ0) is 9.26. The molecule has 72 valence electrons. The minimum absolute atomic E-state index is 0.675. The van der Waals surface area contributed by atoms with Gasteiger partial charge in [-0.25, -0.2) is 0 Å². The van der Waals surface area contributed by atoms with Gasteiger partial charge in [0.05, 0.1) is 6.20 Å². The predicted octanol–water partition coefficient (Wildman–Crippen LogP) is 0.967. The van der Waals surface area contributed by atoms with Crippen molar-refractivity contribution in [2.75, 3.05) is 6.54 Å². The highest BCUT2D eigenvalue weighted by Gasteiger charge is 2.20. The number of hydrogen-bond acceptors (Lipinski definition) is 2. The molecule has 1 aromatic rings. The maximum Gasteiger partial charge on any atom is 0.0524 e. The summed E-state index contributed by atoms with van der Waals surface area (Å²) >= 11 is 0. The fourth-order valence-electron chi connectivity index (χ4n) is 2.10. The first-order valence-electron chi connectivity index (χ1n) is 5.08. The maximum absolute atomic E-state index is 5.69. The van der Waals surface area contributed by atoms with Crippen LogP contribution < -0.4 is 5.73 Å². The Balaban J connectivity index is 2.25. The van der Waals surface area contributed by atoms with E-state index in [0.717, 1.165) is 25.9 Å². The summed E-state index contributed by atoms with van der Waals surface area (Å²) in [6.45, 7) is 3.93. The minimum atomic E-state index is 0.675. The summed E-state index contributed by atoms with van der Waals surface area (Å²) in [7, 11) is 0. The average Bonchev–Trinajstić information content (AvgIpc) is 2.59. The van der Waals surface area contributed by atoms with Gasteiger partial charge in [-0.05, 0) is 44.2 Å². The lowest BCUT2D eigenvalue weighted by molar-refractivity contribution is 0.445. The van der Waals surface area contributed by atoms with Crippen LogP contribution in [0.1, 0.15) is 24.6 Å². The van der Waals surface area contributed by atoms with Gasteiger partial charge >= 0.3 is 0 Å². The van der Waals surface area contributed by atoms with Crippen molar-refractivity contribution in [3.8, 4) is 0 Å². The molecule has 1 aromatic heterocycles. The van der Waals surface area contributed by atoms with Crippen LogP contribution in [0.4, 0.5) is 0 Å². The summed E-state index contributed by atoms with van der Waals surface area (Å²) in [6.07, 6.45) is 5.54. The van der Waals surface area contributed by atoms with E-state index in [9.17, 15) is 0 Å². The molecule has 0 saturated carbocycles. The molecular formula is C10H17N3.